The van der Waals surface area contributed by atoms with E-state index in [0.717, 1.165) is 30.6 Å². The molecule has 0 saturated heterocycles. The maximum absolute atomic E-state index is 11.4. The van der Waals surface area contributed by atoms with Crippen molar-refractivity contribution in [1.82, 2.24) is 0 Å². The van der Waals surface area contributed by atoms with Gasteiger partial charge in [-0.05, 0) is 43.0 Å². The number of carbonyl (C=O) groups is 1. The topological polar surface area (TPSA) is 50.4 Å². The van der Waals surface area contributed by atoms with Crippen LogP contribution in [0.2, 0.25) is 0 Å². The summed E-state index contributed by atoms with van der Waals surface area (Å²) < 4.78 is 5.58. The summed E-state index contributed by atoms with van der Waals surface area (Å²) in [5, 5.41) is 6.52. The molecule has 2 unspecified atom stereocenters. The minimum Gasteiger partial charge on any atom is -0.380 e. The van der Waals surface area contributed by atoms with Gasteiger partial charge in [0.25, 0.3) is 0 Å². The standard InChI is InChI=1S/C16H22N2O2/c1-20-15-5-3-2-4-14(15)17-12-7-8-13-11(10-12)6-9-16(19)18-13/h7-8,10,14-15,17H,2-6,9H2,1H3,(H,18,19). The van der Waals surface area contributed by atoms with E-state index in [9.17, 15) is 4.79 Å². The van der Waals surface area contributed by atoms with E-state index < -0.39 is 0 Å². The Hall–Kier alpha value is -1.55. The number of methoxy groups -OCH3 is 1. The Morgan fingerprint density at radius 3 is 2.95 bits per heavy atom. The lowest BCUT2D eigenvalue weighted by Gasteiger charge is -2.32. The molecular weight excluding hydrogens is 252 g/mol. The fourth-order valence-electron chi connectivity index (χ4n) is 3.23. The van der Waals surface area contributed by atoms with Crippen LogP contribution in [0.3, 0.4) is 0 Å². The van der Waals surface area contributed by atoms with Crippen molar-refractivity contribution in [2.45, 2.75) is 50.7 Å². The molecule has 2 N–H and O–H groups in total. The maximum atomic E-state index is 11.4. The fourth-order valence-corrected chi connectivity index (χ4v) is 3.23. The summed E-state index contributed by atoms with van der Waals surface area (Å²) in [4.78, 5) is 11.4. The molecule has 2 aliphatic rings. The van der Waals surface area contributed by atoms with Gasteiger partial charge >= 0.3 is 0 Å². The number of carbonyl (C=O) groups excluding carboxylic acids is 1. The molecule has 3 rings (SSSR count). The Morgan fingerprint density at radius 1 is 1.25 bits per heavy atom. The third kappa shape index (κ3) is 2.80. The van der Waals surface area contributed by atoms with E-state index in [2.05, 4.69) is 16.7 Å². The summed E-state index contributed by atoms with van der Waals surface area (Å²) in [6, 6.07) is 6.60. The van der Waals surface area contributed by atoms with Crippen LogP contribution < -0.4 is 10.6 Å². The van der Waals surface area contributed by atoms with Crippen LogP contribution >= 0.6 is 0 Å². The lowest BCUT2D eigenvalue weighted by molar-refractivity contribution is -0.116. The molecule has 1 aromatic carbocycles. The fraction of sp³-hybridized carbons (Fsp3) is 0.562. The summed E-state index contributed by atoms with van der Waals surface area (Å²) in [7, 11) is 1.80. The molecule has 0 radical (unpaired) electrons. The monoisotopic (exact) mass is 274 g/mol. The quantitative estimate of drug-likeness (QED) is 0.891. The van der Waals surface area contributed by atoms with Crippen molar-refractivity contribution in [2.75, 3.05) is 17.7 Å². The summed E-state index contributed by atoms with van der Waals surface area (Å²) in [5.41, 5.74) is 3.31. The van der Waals surface area contributed by atoms with Crippen LogP contribution in [0.1, 0.15) is 37.7 Å². The molecular formula is C16H22N2O2. The molecule has 1 aliphatic heterocycles. The molecule has 1 aromatic rings. The van der Waals surface area contributed by atoms with Crippen molar-refractivity contribution < 1.29 is 9.53 Å². The number of fused-ring (bicyclic) bond motifs is 1. The van der Waals surface area contributed by atoms with Crippen molar-refractivity contribution in [2.24, 2.45) is 0 Å². The molecule has 1 fully saturated rings. The molecule has 4 heteroatoms. The van der Waals surface area contributed by atoms with Gasteiger partial charge in [0.2, 0.25) is 5.91 Å². The van der Waals surface area contributed by atoms with Gasteiger partial charge in [-0.2, -0.15) is 0 Å². The average molecular weight is 274 g/mol. The van der Waals surface area contributed by atoms with E-state index in [1.54, 1.807) is 7.11 Å². The second kappa shape index (κ2) is 5.83. The van der Waals surface area contributed by atoms with E-state index in [0.29, 0.717) is 18.6 Å². The zero-order valence-corrected chi connectivity index (χ0v) is 11.9. The maximum Gasteiger partial charge on any atom is 0.224 e. The van der Waals surface area contributed by atoms with E-state index in [1.165, 1.54) is 18.4 Å². The predicted octanol–water partition coefficient (Wildman–Crippen LogP) is 2.94. The second-order valence-electron chi connectivity index (χ2n) is 5.73. The van der Waals surface area contributed by atoms with Crippen molar-refractivity contribution in [3.8, 4) is 0 Å². The van der Waals surface area contributed by atoms with Gasteiger partial charge in [-0.1, -0.05) is 12.8 Å². The summed E-state index contributed by atoms with van der Waals surface area (Å²) >= 11 is 0. The van der Waals surface area contributed by atoms with E-state index in [1.807, 2.05) is 12.1 Å². The Kier molecular flexibility index (Phi) is 3.92. The number of nitrogens with one attached hydrogen (secondary N) is 2. The first-order chi connectivity index (χ1) is 9.76. The first-order valence-electron chi connectivity index (χ1n) is 7.48. The summed E-state index contributed by atoms with van der Waals surface area (Å²) in [5.74, 6) is 0.116. The Balaban J connectivity index is 1.73. The summed E-state index contributed by atoms with van der Waals surface area (Å²) in [6.45, 7) is 0. The number of anilines is 2. The third-order valence-electron chi connectivity index (χ3n) is 4.36. The Morgan fingerprint density at radius 2 is 2.10 bits per heavy atom. The van der Waals surface area contributed by atoms with Gasteiger partial charge in [-0.3, -0.25) is 4.79 Å². The highest BCUT2D eigenvalue weighted by molar-refractivity contribution is 5.94. The van der Waals surface area contributed by atoms with E-state index in [4.69, 9.17) is 4.74 Å². The van der Waals surface area contributed by atoms with Crippen molar-refractivity contribution in [1.29, 1.82) is 0 Å². The number of hydrogen-bond acceptors (Lipinski definition) is 3. The van der Waals surface area contributed by atoms with Gasteiger partial charge < -0.3 is 15.4 Å². The number of aryl methyl sites for hydroxylation is 1. The highest BCUT2D eigenvalue weighted by Crippen LogP contribution is 2.28. The molecule has 1 heterocycles. The summed E-state index contributed by atoms with van der Waals surface area (Å²) in [6.07, 6.45) is 6.53. The van der Waals surface area contributed by atoms with Crippen LogP contribution in [0.4, 0.5) is 11.4 Å². The first-order valence-corrected chi connectivity index (χ1v) is 7.48. The lowest BCUT2D eigenvalue weighted by atomic mass is 9.92. The molecule has 2 atom stereocenters. The number of benzene rings is 1. The average Bonchev–Trinajstić information content (AvgIpc) is 2.48. The number of rotatable bonds is 3. The third-order valence-corrected chi connectivity index (χ3v) is 4.36. The molecule has 0 spiro atoms. The predicted molar refractivity (Wildman–Crippen MR) is 80.1 cm³/mol. The van der Waals surface area contributed by atoms with Gasteiger partial charge in [0.15, 0.2) is 0 Å². The van der Waals surface area contributed by atoms with Crippen molar-refractivity contribution in [3.63, 3.8) is 0 Å². The van der Waals surface area contributed by atoms with Crippen LogP contribution in [0.5, 0.6) is 0 Å². The molecule has 1 saturated carbocycles. The van der Waals surface area contributed by atoms with Gasteiger partial charge in [0.1, 0.15) is 0 Å². The highest BCUT2D eigenvalue weighted by Gasteiger charge is 2.25. The van der Waals surface area contributed by atoms with Crippen molar-refractivity contribution >= 4 is 17.3 Å². The first kappa shape index (κ1) is 13.4. The van der Waals surface area contributed by atoms with E-state index >= 15 is 0 Å². The molecule has 0 aromatic heterocycles. The van der Waals surface area contributed by atoms with E-state index in [-0.39, 0.29) is 5.91 Å². The number of ether oxygens (including phenoxy) is 1. The second-order valence-corrected chi connectivity index (χ2v) is 5.73. The van der Waals surface area contributed by atoms with Crippen LogP contribution in [-0.2, 0) is 16.0 Å². The van der Waals surface area contributed by atoms with Crippen LogP contribution in [0.25, 0.3) is 0 Å². The number of amides is 1. The normalized spacial score (nSPS) is 25.8. The smallest absolute Gasteiger partial charge is 0.224 e. The van der Waals surface area contributed by atoms with Crippen LogP contribution in [0.15, 0.2) is 18.2 Å². The largest absolute Gasteiger partial charge is 0.380 e. The van der Waals surface area contributed by atoms with Crippen molar-refractivity contribution in [3.05, 3.63) is 23.8 Å². The molecule has 4 nitrogen and oxygen atoms in total. The Labute approximate surface area is 119 Å². The van der Waals surface area contributed by atoms with Crippen LogP contribution in [-0.4, -0.2) is 25.2 Å². The van der Waals surface area contributed by atoms with Crippen LogP contribution in [0, 0.1) is 0 Å². The SMILES string of the molecule is COC1CCCCC1Nc1ccc2c(c1)CCC(=O)N2. The zero-order valence-electron chi connectivity index (χ0n) is 11.9. The molecule has 108 valence electrons. The molecule has 1 amide bonds. The van der Waals surface area contributed by atoms with Gasteiger partial charge in [-0.25, -0.2) is 0 Å². The Bertz CT molecular complexity index is 501. The van der Waals surface area contributed by atoms with Gasteiger partial charge in [-0.15, -0.1) is 0 Å². The molecule has 20 heavy (non-hydrogen) atoms. The molecule has 0 bridgehead atoms. The minimum atomic E-state index is 0.116. The molecule has 1 aliphatic carbocycles. The highest BCUT2D eigenvalue weighted by atomic mass is 16.5. The minimum absolute atomic E-state index is 0.116. The van der Waals surface area contributed by atoms with Gasteiger partial charge in [0, 0.05) is 24.9 Å². The lowest BCUT2D eigenvalue weighted by Crippen LogP contribution is -2.37. The zero-order chi connectivity index (χ0) is 13.9. The number of hydrogen-bond donors (Lipinski definition) is 2. The van der Waals surface area contributed by atoms with Gasteiger partial charge in [0.05, 0.1) is 12.1 Å².